The van der Waals surface area contributed by atoms with Gasteiger partial charge >= 0.3 is 0 Å². The highest BCUT2D eigenvalue weighted by molar-refractivity contribution is 5.46. The molecule has 1 aliphatic rings. The van der Waals surface area contributed by atoms with E-state index in [0.29, 0.717) is 11.5 Å². The maximum absolute atomic E-state index is 9.21. The van der Waals surface area contributed by atoms with Crippen LogP contribution in [0.15, 0.2) is 12.1 Å². The van der Waals surface area contributed by atoms with E-state index >= 15 is 0 Å². The molecule has 1 unspecified atom stereocenters. The number of anilines is 1. The molecule has 4 nitrogen and oxygen atoms in total. The van der Waals surface area contributed by atoms with Crippen molar-refractivity contribution in [1.29, 1.82) is 5.26 Å². The van der Waals surface area contributed by atoms with Gasteiger partial charge in [0.15, 0.2) is 0 Å². The minimum atomic E-state index is 0.230. The molecule has 0 radical (unpaired) electrons. The van der Waals surface area contributed by atoms with Crippen molar-refractivity contribution in [2.45, 2.75) is 19.8 Å². The van der Waals surface area contributed by atoms with Crippen LogP contribution in [0.1, 0.15) is 24.1 Å². The van der Waals surface area contributed by atoms with Gasteiger partial charge in [-0.3, -0.25) is 0 Å². The normalized spacial score (nSPS) is 20.1. The van der Waals surface area contributed by atoms with Gasteiger partial charge in [-0.05, 0) is 37.8 Å². The van der Waals surface area contributed by atoms with Crippen LogP contribution in [0.5, 0.6) is 0 Å². The van der Waals surface area contributed by atoms with E-state index in [1.165, 1.54) is 0 Å². The molecule has 1 aromatic rings. The number of nitriles is 1. The molecule has 1 N–H and O–H groups in total. The Morgan fingerprint density at radius 2 is 2.41 bits per heavy atom. The highest BCUT2D eigenvalue weighted by Crippen LogP contribution is 2.22. The average molecular weight is 231 g/mol. The van der Waals surface area contributed by atoms with Crippen LogP contribution in [0, 0.1) is 24.2 Å². The van der Waals surface area contributed by atoms with Crippen molar-refractivity contribution in [3.63, 3.8) is 0 Å². The predicted molar refractivity (Wildman–Crippen MR) is 65.7 cm³/mol. The van der Waals surface area contributed by atoms with Crippen molar-refractivity contribution < 1.29 is 5.11 Å². The van der Waals surface area contributed by atoms with E-state index in [0.717, 1.165) is 37.4 Å². The van der Waals surface area contributed by atoms with Gasteiger partial charge in [0, 0.05) is 25.4 Å². The molecule has 1 aromatic heterocycles. The summed E-state index contributed by atoms with van der Waals surface area (Å²) in [5.74, 6) is 1.19. The van der Waals surface area contributed by atoms with E-state index < -0.39 is 0 Å². The van der Waals surface area contributed by atoms with Crippen LogP contribution < -0.4 is 4.90 Å². The lowest BCUT2D eigenvalue weighted by atomic mass is 9.99. The van der Waals surface area contributed by atoms with Crippen molar-refractivity contribution in [3.8, 4) is 6.07 Å². The Labute approximate surface area is 102 Å². The molecule has 17 heavy (non-hydrogen) atoms. The summed E-state index contributed by atoms with van der Waals surface area (Å²) >= 11 is 0. The number of rotatable bonds is 2. The van der Waals surface area contributed by atoms with Crippen LogP contribution in [0.25, 0.3) is 0 Å². The number of nitrogens with zero attached hydrogens (tertiary/aromatic N) is 3. The van der Waals surface area contributed by atoms with Crippen LogP contribution in [0.2, 0.25) is 0 Å². The van der Waals surface area contributed by atoms with Crippen LogP contribution in [-0.4, -0.2) is 29.8 Å². The molecule has 0 saturated carbocycles. The van der Waals surface area contributed by atoms with Crippen molar-refractivity contribution in [1.82, 2.24) is 4.98 Å². The molecule has 2 heterocycles. The summed E-state index contributed by atoms with van der Waals surface area (Å²) in [6, 6.07) is 5.77. The first-order valence-electron chi connectivity index (χ1n) is 5.97. The lowest BCUT2D eigenvalue weighted by molar-refractivity contribution is 0.208. The molecule has 0 aromatic carbocycles. The van der Waals surface area contributed by atoms with Crippen molar-refractivity contribution in [2.24, 2.45) is 5.92 Å². The van der Waals surface area contributed by atoms with Gasteiger partial charge in [0.1, 0.15) is 5.82 Å². The standard InChI is InChI=1S/C13H17N3O/c1-10-5-12(7-14)6-13(15-10)16-4-2-3-11(8-16)9-17/h5-6,11,17H,2-4,8-9H2,1H3. The second-order valence-electron chi connectivity index (χ2n) is 4.60. The van der Waals surface area contributed by atoms with Crippen molar-refractivity contribution >= 4 is 5.82 Å². The van der Waals surface area contributed by atoms with Gasteiger partial charge in [0.25, 0.3) is 0 Å². The fourth-order valence-corrected chi connectivity index (χ4v) is 2.30. The quantitative estimate of drug-likeness (QED) is 0.837. The molecule has 1 aliphatic heterocycles. The average Bonchev–Trinajstić information content (AvgIpc) is 2.38. The van der Waals surface area contributed by atoms with Crippen LogP contribution in [-0.2, 0) is 0 Å². The molecule has 2 rings (SSSR count). The summed E-state index contributed by atoms with van der Waals surface area (Å²) in [6.45, 7) is 3.92. The summed E-state index contributed by atoms with van der Waals surface area (Å²) in [7, 11) is 0. The van der Waals surface area contributed by atoms with E-state index in [1.54, 1.807) is 6.07 Å². The van der Waals surface area contributed by atoms with E-state index in [2.05, 4.69) is 16.0 Å². The van der Waals surface area contributed by atoms with Gasteiger partial charge in [-0.15, -0.1) is 0 Å². The molecule has 0 bridgehead atoms. The fraction of sp³-hybridized carbons (Fsp3) is 0.538. The lowest BCUT2D eigenvalue weighted by Crippen LogP contribution is -2.37. The van der Waals surface area contributed by atoms with Crippen LogP contribution in [0.4, 0.5) is 5.82 Å². The molecule has 0 spiro atoms. The minimum absolute atomic E-state index is 0.230. The van der Waals surface area contributed by atoms with Gasteiger partial charge in [-0.25, -0.2) is 4.98 Å². The minimum Gasteiger partial charge on any atom is -0.396 e. The first kappa shape index (κ1) is 11.9. The van der Waals surface area contributed by atoms with E-state index in [4.69, 9.17) is 5.26 Å². The summed E-state index contributed by atoms with van der Waals surface area (Å²) in [4.78, 5) is 6.63. The number of pyridine rings is 1. The number of hydrogen-bond donors (Lipinski definition) is 1. The number of piperidine rings is 1. The molecule has 1 atom stereocenters. The number of hydrogen-bond acceptors (Lipinski definition) is 4. The Kier molecular flexibility index (Phi) is 3.60. The van der Waals surface area contributed by atoms with E-state index in [-0.39, 0.29) is 6.61 Å². The summed E-state index contributed by atoms with van der Waals surface area (Å²) in [5, 5.41) is 18.2. The highest BCUT2D eigenvalue weighted by Gasteiger charge is 2.20. The summed E-state index contributed by atoms with van der Waals surface area (Å²) < 4.78 is 0. The molecule has 0 aliphatic carbocycles. The molecule has 1 saturated heterocycles. The Hall–Kier alpha value is -1.60. The van der Waals surface area contributed by atoms with Crippen LogP contribution in [0.3, 0.4) is 0 Å². The second kappa shape index (κ2) is 5.15. The number of aryl methyl sites for hydroxylation is 1. The zero-order valence-electron chi connectivity index (χ0n) is 10.1. The predicted octanol–water partition coefficient (Wildman–Crippen LogP) is 1.47. The Balaban J connectivity index is 2.21. The van der Waals surface area contributed by atoms with Gasteiger partial charge in [-0.2, -0.15) is 5.26 Å². The maximum atomic E-state index is 9.21. The van der Waals surface area contributed by atoms with Gasteiger partial charge < -0.3 is 10.0 Å². The fourth-order valence-electron chi connectivity index (χ4n) is 2.30. The lowest BCUT2D eigenvalue weighted by Gasteiger charge is -2.32. The zero-order valence-corrected chi connectivity index (χ0v) is 10.1. The largest absolute Gasteiger partial charge is 0.396 e. The van der Waals surface area contributed by atoms with Gasteiger partial charge in [-0.1, -0.05) is 0 Å². The molecular formula is C13H17N3O. The first-order valence-corrected chi connectivity index (χ1v) is 5.97. The SMILES string of the molecule is Cc1cc(C#N)cc(N2CCCC(CO)C2)n1. The third-order valence-corrected chi connectivity index (χ3v) is 3.17. The maximum Gasteiger partial charge on any atom is 0.130 e. The van der Waals surface area contributed by atoms with Crippen molar-refractivity contribution in [3.05, 3.63) is 23.4 Å². The first-order chi connectivity index (χ1) is 8.22. The molecule has 90 valence electrons. The van der Waals surface area contributed by atoms with E-state index in [1.807, 2.05) is 13.0 Å². The summed E-state index contributed by atoms with van der Waals surface area (Å²) in [6.07, 6.45) is 2.15. The van der Waals surface area contributed by atoms with Gasteiger partial charge in [0.05, 0.1) is 11.6 Å². The van der Waals surface area contributed by atoms with Gasteiger partial charge in [0.2, 0.25) is 0 Å². The third-order valence-electron chi connectivity index (χ3n) is 3.17. The van der Waals surface area contributed by atoms with Crippen molar-refractivity contribution in [2.75, 3.05) is 24.6 Å². The molecule has 4 heteroatoms. The monoisotopic (exact) mass is 231 g/mol. The number of aromatic nitrogens is 1. The topological polar surface area (TPSA) is 60.2 Å². The summed E-state index contributed by atoms with van der Waals surface area (Å²) in [5.41, 5.74) is 1.52. The Morgan fingerprint density at radius 3 is 3.12 bits per heavy atom. The van der Waals surface area contributed by atoms with E-state index in [9.17, 15) is 5.11 Å². The Morgan fingerprint density at radius 1 is 1.59 bits per heavy atom. The zero-order chi connectivity index (χ0) is 12.3. The number of aliphatic hydroxyl groups excluding tert-OH is 1. The highest BCUT2D eigenvalue weighted by atomic mass is 16.3. The second-order valence-corrected chi connectivity index (χ2v) is 4.60. The molecule has 1 fully saturated rings. The van der Waals surface area contributed by atoms with Crippen LogP contribution >= 0.6 is 0 Å². The Bertz CT molecular complexity index is 439. The molecular weight excluding hydrogens is 214 g/mol. The molecule has 0 amide bonds. The third kappa shape index (κ3) is 2.75. The number of aliphatic hydroxyl groups is 1. The smallest absolute Gasteiger partial charge is 0.130 e.